The molecular formula is C10H15NOS. The minimum absolute atomic E-state index is 0.106. The number of thiazole rings is 1. The number of aromatic nitrogens is 1. The number of rotatable bonds is 3. The standard InChI is InChI=1S/C10H15NOS/c1-3-8-11-7(2)9(13-8)10(6-12)4-5-10/h12H,3-6H2,1-2H3. The van der Waals surface area contributed by atoms with Gasteiger partial charge in [0.1, 0.15) is 0 Å². The summed E-state index contributed by atoms with van der Waals surface area (Å²) in [6.45, 7) is 4.47. The molecule has 2 rings (SSSR count). The lowest BCUT2D eigenvalue weighted by Crippen LogP contribution is -2.11. The van der Waals surface area contributed by atoms with Crippen molar-refractivity contribution in [3.8, 4) is 0 Å². The average molecular weight is 197 g/mol. The second kappa shape index (κ2) is 3.07. The summed E-state index contributed by atoms with van der Waals surface area (Å²) in [6.07, 6.45) is 3.28. The second-order valence-electron chi connectivity index (χ2n) is 3.81. The molecule has 1 heterocycles. The van der Waals surface area contributed by atoms with Gasteiger partial charge in [-0.3, -0.25) is 0 Å². The fourth-order valence-corrected chi connectivity index (χ4v) is 2.94. The van der Waals surface area contributed by atoms with E-state index in [0.717, 1.165) is 25.0 Å². The topological polar surface area (TPSA) is 33.1 Å². The monoisotopic (exact) mass is 197 g/mol. The maximum atomic E-state index is 9.30. The molecule has 1 saturated carbocycles. The molecular weight excluding hydrogens is 182 g/mol. The lowest BCUT2D eigenvalue weighted by molar-refractivity contribution is 0.256. The Morgan fingerprint density at radius 3 is 2.62 bits per heavy atom. The highest BCUT2D eigenvalue weighted by atomic mass is 32.1. The van der Waals surface area contributed by atoms with Crippen LogP contribution in [0, 0.1) is 6.92 Å². The largest absolute Gasteiger partial charge is 0.395 e. The van der Waals surface area contributed by atoms with Gasteiger partial charge in [-0.2, -0.15) is 0 Å². The maximum absolute atomic E-state index is 9.30. The van der Waals surface area contributed by atoms with Crippen molar-refractivity contribution in [2.75, 3.05) is 6.61 Å². The van der Waals surface area contributed by atoms with Crippen LogP contribution in [-0.4, -0.2) is 16.7 Å². The van der Waals surface area contributed by atoms with Gasteiger partial charge in [0.25, 0.3) is 0 Å². The van der Waals surface area contributed by atoms with Crippen molar-refractivity contribution < 1.29 is 5.11 Å². The Bertz CT molecular complexity index is 315. The Labute approximate surface area is 82.6 Å². The van der Waals surface area contributed by atoms with Gasteiger partial charge in [0.15, 0.2) is 0 Å². The molecule has 1 aromatic heterocycles. The minimum atomic E-state index is 0.106. The van der Waals surface area contributed by atoms with E-state index >= 15 is 0 Å². The summed E-state index contributed by atoms with van der Waals surface area (Å²) in [4.78, 5) is 5.82. The van der Waals surface area contributed by atoms with Crippen LogP contribution in [0.3, 0.4) is 0 Å². The predicted octanol–water partition coefficient (Wildman–Crippen LogP) is 2.04. The van der Waals surface area contributed by atoms with Crippen LogP contribution in [0.2, 0.25) is 0 Å². The van der Waals surface area contributed by atoms with Gasteiger partial charge in [0.05, 0.1) is 17.3 Å². The molecule has 1 aliphatic carbocycles. The molecule has 0 radical (unpaired) electrons. The third-order valence-corrected chi connectivity index (χ3v) is 4.33. The quantitative estimate of drug-likeness (QED) is 0.804. The van der Waals surface area contributed by atoms with Gasteiger partial charge < -0.3 is 5.11 Å². The first-order valence-corrected chi connectivity index (χ1v) is 5.61. The van der Waals surface area contributed by atoms with Crippen LogP contribution in [0.25, 0.3) is 0 Å². The first kappa shape index (κ1) is 9.16. The van der Waals surface area contributed by atoms with Gasteiger partial charge in [-0.25, -0.2) is 4.98 Å². The zero-order chi connectivity index (χ0) is 9.47. The summed E-state index contributed by atoms with van der Waals surface area (Å²) in [5.74, 6) is 0. The van der Waals surface area contributed by atoms with Crippen molar-refractivity contribution in [1.82, 2.24) is 4.98 Å². The lowest BCUT2D eigenvalue weighted by atomic mass is 10.1. The van der Waals surface area contributed by atoms with E-state index in [1.807, 2.05) is 0 Å². The molecule has 0 amide bonds. The van der Waals surface area contributed by atoms with Crippen LogP contribution in [0.1, 0.15) is 35.3 Å². The summed E-state index contributed by atoms with van der Waals surface area (Å²) in [5, 5.41) is 10.5. The molecule has 1 fully saturated rings. The van der Waals surface area contributed by atoms with Gasteiger partial charge in [-0.15, -0.1) is 11.3 Å². The summed E-state index contributed by atoms with van der Waals surface area (Å²) >= 11 is 1.78. The Kier molecular flexibility index (Phi) is 2.16. The number of hydrogen-bond acceptors (Lipinski definition) is 3. The number of aliphatic hydroxyl groups is 1. The van der Waals surface area contributed by atoms with Crippen molar-refractivity contribution in [2.45, 2.75) is 38.5 Å². The molecule has 1 aromatic rings. The number of aliphatic hydroxyl groups excluding tert-OH is 1. The zero-order valence-electron chi connectivity index (χ0n) is 8.13. The summed E-state index contributed by atoms with van der Waals surface area (Å²) < 4.78 is 0. The molecule has 0 saturated heterocycles. The Morgan fingerprint density at radius 1 is 1.54 bits per heavy atom. The molecule has 1 N–H and O–H groups in total. The fourth-order valence-electron chi connectivity index (χ4n) is 1.70. The smallest absolute Gasteiger partial charge is 0.0928 e. The van der Waals surface area contributed by atoms with E-state index in [4.69, 9.17) is 0 Å². The lowest BCUT2D eigenvalue weighted by Gasteiger charge is -2.08. The molecule has 3 heteroatoms. The SMILES string of the molecule is CCc1nc(C)c(C2(CO)CC2)s1. The molecule has 0 aromatic carbocycles. The van der Waals surface area contributed by atoms with Gasteiger partial charge in [-0.05, 0) is 26.2 Å². The number of hydrogen-bond donors (Lipinski definition) is 1. The first-order valence-electron chi connectivity index (χ1n) is 4.79. The highest BCUT2D eigenvalue weighted by Crippen LogP contribution is 2.50. The second-order valence-corrected chi connectivity index (χ2v) is 4.90. The fraction of sp³-hybridized carbons (Fsp3) is 0.700. The van der Waals surface area contributed by atoms with Gasteiger partial charge in [0, 0.05) is 10.3 Å². The Hall–Kier alpha value is -0.410. The van der Waals surface area contributed by atoms with E-state index in [1.54, 1.807) is 11.3 Å². The van der Waals surface area contributed by atoms with Crippen LogP contribution >= 0.6 is 11.3 Å². The maximum Gasteiger partial charge on any atom is 0.0928 e. The third-order valence-electron chi connectivity index (χ3n) is 2.78. The van der Waals surface area contributed by atoms with E-state index in [2.05, 4.69) is 18.8 Å². The number of aryl methyl sites for hydroxylation is 2. The molecule has 0 atom stereocenters. The molecule has 2 nitrogen and oxygen atoms in total. The molecule has 0 unspecified atom stereocenters. The third kappa shape index (κ3) is 1.40. The summed E-state index contributed by atoms with van der Waals surface area (Å²) in [7, 11) is 0. The van der Waals surface area contributed by atoms with E-state index in [-0.39, 0.29) is 5.41 Å². The molecule has 0 spiro atoms. The van der Waals surface area contributed by atoms with E-state index in [9.17, 15) is 5.11 Å². The van der Waals surface area contributed by atoms with Gasteiger partial charge >= 0.3 is 0 Å². The molecule has 72 valence electrons. The van der Waals surface area contributed by atoms with E-state index in [1.165, 1.54) is 9.88 Å². The molecule has 0 aliphatic heterocycles. The predicted molar refractivity (Wildman–Crippen MR) is 54.2 cm³/mol. The Morgan fingerprint density at radius 2 is 2.23 bits per heavy atom. The van der Waals surface area contributed by atoms with Gasteiger partial charge in [-0.1, -0.05) is 6.92 Å². The highest BCUT2D eigenvalue weighted by Gasteiger charge is 2.46. The normalized spacial score (nSPS) is 19.0. The zero-order valence-corrected chi connectivity index (χ0v) is 8.95. The van der Waals surface area contributed by atoms with Gasteiger partial charge in [0.2, 0.25) is 0 Å². The van der Waals surface area contributed by atoms with E-state index in [0.29, 0.717) is 6.61 Å². The van der Waals surface area contributed by atoms with Crippen LogP contribution in [0.5, 0.6) is 0 Å². The molecule has 0 bridgehead atoms. The summed E-state index contributed by atoms with van der Waals surface area (Å²) in [6, 6.07) is 0. The molecule has 1 aliphatic rings. The number of nitrogens with zero attached hydrogens (tertiary/aromatic N) is 1. The van der Waals surface area contributed by atoms with Crippen LogP contribution in [0.4, 0.5) is 0 Å². The van der Waals surface area contributed by atoms with Crippen molar-refractivity contribution in [3.63, 3.8) is 0 Å². The van der Waals surface area contributed by atoms with Crippen molar-refractivity contribution in [1.29, 1.82) is 0 Å². The molecule has 13 heavy (non-hydrogen) atoms. The van der Waals surface area contributed by atoms with Crippen LogP contribution < -0.4 is 0 Å². The summed E-state index contributed by atoms with van der Waals surface area (Å²) in [5.41, 5.74) is 1.24. The van der Waals surface area contributed by atoms with Crippen LogP contribution in [0.15, 0.2) is 0 Å². The van der Waals surface area contributed by atoms with Crippen LogP contribution in [-0.2, 0) is 11.8 Å². The van der Waals surface area contributed by atoms with Crippen molar-refractivity contribution in [2.24, 2.45) is 0 Å². The minimum Gasteiger partial charge on any atom is -0.395 e. The van der Waals surface area contributed by atoms with E-state index < -0.39 is 0 Å². The van der Waals surface area contributed by atoms with Crippen molar-refractivity contribution in [3.05, 3.63) is 15.6 Å². The van der Waals surface area contributed by atoms with Crippen molar-refractivity contribution >= 4 is 11.3 Å². The average Bonchev–Trinajstić information content (AvgIpc) is 2.85. The first-order chi connectivity index (χ1) is 6.22. The highest BCUT2D eigenvalue weighted by molar-refractivity contribution is 7.12. The Balaban J connectivity index is 2.34.